The number of ether oxygens (including phenoxy) is 2. The second-order valence-corrected chi connectivity index (χ2v) is 4.88. The van der Waals surface area contributed by atoms with Gasteiger partial charge in [-0.15, -0.1) is 0 Å². The largest absolute Gasteiger partial charge is 0.466 e. The van der Waals surface area contributed by atoms with Crippen LogP contribution < -0.4 is 0 Å². The van der Waals surface area contributed by atoms with Crippen LogP contribution in [0.5, 0.6) is 0 Å². The molecule has 0 amide bonds. The van der Waals surface area contributed by atoms with Crippen LogP contribution >= 0.6 is 0 Å². The second kappa shape index (κ2) is 7.39. The van der Waals surface area contributed by atoms with Gasteiger partial charge in [0.25, 0.3) is 0 Å². The minimum Gasteiger partial charge on any atom is -0.466 e. The van der Waals surface area contributed by atoms with E-state index < -0.39 is 5.97 Å². The van der Waals surface area contributed by atoms with Gasteiger partial charge in [-0.3, -0.25) is 9.59 Å². The molecule has 0 atom stereocenters. The van der Waals surface area contributed by atoms with Gasteiger partial charge < -0.3 is 9.47 Å². The predicted molar refractivity (Wildman–Crippen MR) is 61.1 cm³/mol. The van der Waals surface area contributed by atoms with Crippen LogP contribution in [0.1, 0.15) is 40.5 Å². The molecule has 0 aromatic rings. The van der Waals surface area contributed by atoms with Crippen molar-refractivity contribution >= 4 is 11.8 Å². The molecule has 0 unspecified atom stereocenters. The SMILES string of the molecule is CCOC(=O)CC(=O)COCCC(C)(C)C. The van der Waals surface area contributed by atoms with E-state index in [4.69, 9.17) is 4.74 Å². The summed E-state index contributed by atoms with van der Waals surface area (Å²) in [4.78, 5) is 22.2. The number of esters is 1. The topological polar surface area (TPSA) is 52.6 Å². The maximum absolute atomic E-state index is 11.2. The van der Waals surface area contributed by atoms with E-state index in [0.29, 0.717) is 13.2 Å². The van der Waals surface area contributed by atoms with E-state index in [-0.39, 0.29) is 24.2 Å². The Labute approximate surface area is 97.3 Å². The van der Waals surface area contributed by atoms with Crippen molar-refractivity contribution in [3.8, 4) is 0 Å². The summed E-state index contributed by atoms with van der Waals surface area (Å²) in [5, 5.41) is 0. The lowest BCUT2D eigenvalue weighted by Gasteiger charge is -2.17. The summed E-state index contributed by atoms with van der Waals surface area (Å²) in [5.41, 5.74) is 0.199. The number of hydrogen-bond acceptors (Lipinski definition) is 4. The van der Waals surface area contributed by atoms with Gasteiger partial charge in [-0.05, 0) is 18.8 Å². The molecule has 0 saturated heterocycles. The van der Waals surface area contributed by atoms with Gasteiger partial charge in [-0.2, -0.15) is 0 Å². The standard InChI is InChI=1S/C12H22O4/c1-5-16-11(14)8-10(13)9-15-7-6-12(2,3)4/h5-9H2,1-4H3. The summed E-state index contributed by atoms with van der Waals surface area (Å²) in [6, 6.07) is 0. The van der Waals surface area contributed by atoms with Gasteiger partial charge in [0, 0.05) is 6.61 Å². The van der Waals surface area contributed by atoms with Crippen LogP contribution in [-0.2, 0) is 19.1 Å². The molecule has 0 N–H and O–H groups in total. The van der Waals surface area contributed by atoms with Gasteiger partial charge in [0.1, 0.15) is 13.0 Å². The fourth-order valence-corrected chi connectivity index (χ4v) is 0.988. The molecule has 0 radical (unpaired) electrons. The quantitative estimate of drug-likeness (QED) is 0.381. The zero-order valence-corrected chi connectivity index (χ0v) is 10.7. The highest BCUT2D eigenvalue weighted by molar-refractivity contribution is 5.96. The highest BCUT2D eigenvalue weighted by atomic mass is 16.5. The molecule has 94 valence electrons. The molecule has 0 bridgehead atoms. The van der Waals surface area contributed by atoms with Gasteiger partial charge in [0.05, 0.1) is 6.61 Å². The maximum atomic E-state index is 11.2. The van der Waals surface area contributed by atoms with Crippen molar-refractivity contribution in [2.45, 2.75) is 40.5 Å². The van der Waals surface area contributed by atoms with Crippen molar-refractivity contribution < 1.29 is 19.1 Å². The Balaban J connectivity index is 3.55. The lowest BCUT2D eigenvalue weighted by atomic mass is 9.93. The zero-order chi connectivity index (χ0) is 12.6. The first kappa shape index (κ1) is 15.1. The summed E-state index contributed by atoms with van der Waals surface area (Å²) in [7, 11) is 0. The average molecular weight is 230 g/mol. The van der Waals surface area contributed by atoms with Crippen molar-refractivity contribution in [1.82, 2.24) is 0 Å². The molecule has 0 aliphatic heterocycles. The first-order valence-corrected chi connectivity index (χ1v) is 5.60. The average Bonchev–Trinajstić information content (AvgIpc) is 2.11. The molecule has 0 aromatic heterocycles. The van der Waals surface area contributed by atoms with Crippen molar-refractivity contribution in [2.75, 3.05) is 19.8 Å². The molecule has 0 rings (SSSR count). The van der Waals surface area contributed by atoms with Crippen LogP contribution in [0.2, 0.25) is 0 Å². The third-order valence-corrected chi connectivity index (χ3v) is 1.91. The Morgan fingerprint density at radius 2 is 1.81 bits per heavy atom. The summed E-state index contributed by atoms with van der Waals surface area (Å²) >= 11 is 0. The highest BCUT2D eigenvalue weighted by Crippen LogP contribution is 2.17. The van der Waals surface area contributed by atoms with Crippen LogP contribution in [-0.4, -0.2) is 31.6 Å². The van der Waals surface area contributed by atoms with Crippen LogP contribution in [0.3, 0.4) is 0 Å². The summed E-state index contributed by atoms with van der Waals surface area (Å²) < 4.78 is 9.85. The van der Waals surface area contributed by atoms with E-state index >= 15 is 0 Å². The van der Waals surface area contributed by atoms with Crippen molar-refractivity contribution in [3.05, 3.63) is 0 Å². The molecule has 0 spiro atoms. The predicted octanol–water partition coefficient (Wildman–Crippen LogP) is 1.96. The molecular formula is C12H22O4. The van der Waals surface area contributed by atoms with E-state index in [2.05, 4.69) is 25.5 Å². The summed E-state index contributed by atoms with van der Waals surface area (Å²) in [6.07, 6.45) is 0.697. The van der Waals surface area contributed by atoms with Crippen LogP contribution in [0.15, 0.2) is 0 Å². The van der Waals surface area contributed by atoms with Gasteiger partial charge >= 0.3 is 5.97 Å². The molecule has 0 saturated carbocycles. The zero-order valence-electron chi connectivity index (χ0n) is 10.7. The monoisotopic (exact) mass is 230 g/mol. The number of carbonyl (C=O) groups is 2. The van der Waals surface area contributed by atoms with E-state index in [1.165, 1.54) is 0 Å². The smallest absolute Gasteiger partial charge is 0.313 e. The molecule has 4 nitrogen and oxygen atoms in total. The number of hydrogen-bond donors (Lipinski definition) is 0. The van der Waals surface area contributed by atoms with Crippen LogP contribution in [0, 0.1) is 5.41 Å². The fraction of sp³-hybridized carbons (Fsp3) is 0.833. The molecule has 16 heavy (non-hydrogen) atoms. The summed E-state index contributed by atoms with van der Waals surface area (Å²) in [6.45, 7) is 8.87. The van der Waals surface area contributed by atoms with E-state index in [0.717, 1.165) is 6.42 Å². The van der Waals surface area contributed by atoms with E-state index in [1.807, 2.05) is 0 Å². The Morgan fingerprint density at radius 3 is 2.31 bits per heavy atom. The number of ketones is 1. The third-order valence-electron chi connectivity index (χ3n) is 1.91. The Hall–Kier alpha value is -0.900. The lowest BCUT2D eigenvalue weighted by Crippen LogP contribution is -2.17. The molecule has 0 heterocycles. The van der Waals surface area contributed by atoms with Crippen molar-refractivity contribution in [3.63, 3.8) is 0 Å². The van der Waals surface area contributed by atoms with Crippen molar-refractivity contribution in [2.24, 2.45) is 5.41 Å². The molecule has 0 aliphatic rings. The third kappa shape index (κ3) is 9.65. The molecule has 0 aromatic carbocycles. The summed E-state index contributed by atoms with van der Waals surface area (Å²) in [5.74, 6) is -0.709. The Bertz CT molecular complexity index is 228. The van der Waals surface area contributed by atoms with E-state index in [1.54, 1.807) is 6.92 Å². The van der Waals surface area contributed by atoms with Gasteiger partial charge in [0.2, 0.25) is 0 Å². The fourth-order valence-electron chi connectivity index (χ4n) is 0.988. The lowest BCUT2D eigenvalue weighted by molar-refractivity contribution is -0.146. The van der Waals surface area contributed by atoms with Gasteiger partial charge in [-0.25, -0.2) is 0 Å². The first-order chi connectivity index (χ1) is 7.35. The second-order valence-electron chi connectivity index (χ2n) is 4.88. The Morgan fingerprint density at radius 1 is 1.19 bits per heavy atom. The minimum atomic E-state index is -0.480. The number of Topliss-reactive ketones (excluding diaryl/α,β-unsaturated/α-hetero) is 1. The molecule has 4 heteroatoms. The van der Waals surface area contributed by atoms with Crippen LogP contribution in [0.4, 0.5) is 0 Å². The van der Waals surface area contributed by atoms with Gasteiger partial charge in [-0.1, -0.05) is 20.8 Å². The maximum Gasteiger partial charge on any atom is 0.313 e. The van der Waals surface area contributed by atoms with Crippen LogP contribution in [0.25, 0.3) is 0 Å². The van der Waals surface area contributed by atoms with Crippen molar-refractivity contribution in [1.29, 1.82) is 0 Å². The minimum absolute atomic E-state index is 0.00507. The first-order valence-electron chi connectivity index (χ1n) is 5.60. The normalized spacial score (nSPS) is 11.2. The molecule has 0 fully saturated rings. The Kier molecular flexibility index (Phi) is 6.97. The highest BCUT2D eigenvalue weighted by Gasteiger charge is 2.12. The molecule has 0 aliphatic carbocycles. The molecular weight excluding hydrogens is 208 g/mol. The number of rotatable bonds is 7. The van der Waals surface area contributed by atoms with Gasteiger partial charge in [0.15, 0.2) is 5.78 Å². The van der Waals surface area contributed by atoms with E-state index in [9.17, 15) is 9.59 Å². The number of carbonyl (C=O) groups excluding carboxylic acids is 2.